The number of nitrogens with one attached hydrogen (secondary N) is 1. The first kappa shape index (κ1) is 25.0. The molecule has 1 saturated heterocycles. The molecule has 1 aliphatic heterocycles. The summed E-state index contributed by atoms with van der Waals surface area (Å²) in [5.41, 5.74) is 7.85. The normalized spacial score (nSPS) is 14.7. The first-order chi connectivity index (χ1) is 14.6. The molecule has 3 N–H and O–H groups in total. The standard InChI is InChI=1S/C22H32N6O2.HI/c1-4-29-18-7-8-20(30-5-2)19(14-18)26-22(23)25-16-17-6-9-21(24-15-17)28-12-10-27(3)11-13-28;/h6-9,14-15H,4-5,10-13,16H2,1-3H3,(H3,23,25,26);1H. The fourth-order valence-corrected chi connectivity index (χ4v) is 3.23. The maximum Gasteiger partial charge on any atom is 0.193 e. The van der Waals surface area contributed by atoms with Gasteiger partial charge in [-0.1, -0.05) is 6.07 Å². The van der Waals surface area contributed by atoms with Gasteiger partial charge in [-0.05, 0) is 44.7 Å². The Morgan fingerprint density at radius 2 is 1.84 bits per heavy atom. The maximum atomic E-state index is 6.11. The van der Waals surface area contributed by atoms with Gasteiger partial charge in [0.2, 0.25) is 0 Å². The molecule has 0 bridgehead atoms. The molecule has 2 aromatic rings. The van der Waals surface area contributed by atoms with Crippen molar-refractivity contribution in [2.24, 2.45) is 10.7 Å². The Hall–Kier alpha value is -2.27. The number of aromatic nitrogens is 1. The highest BCUT2D eigenvalue weighted by molar-refractivity contribution is 14.0. The SMILES string of the molecule is CCOc1ccc(OCC)c(NC(N)=NCc2ccc(N3CCN(C)CC3)nc2)c1.I. The van der Waals surface area contributed by atoms with Crippen LogP contribution in [0.5, 0.6) is 11.5 Å². The predicted molar refractivity (Wildman–Crippen MR) is 137 cm³/mol. The molecular formula is C22H33IN6O2. The lowest BCUT2D eigenvalue weighted by atomic mass is 10.2. The van der Waals surface area contributed by atoms with E-state index in [1.807, 2.05) is 38.2 Å². The van der Waals surface area contributed by atoms with Crippen LogP contribution in [-0.2, 0) is 6.54 Å². The summed E-state index contributed by atoms with van der Waals surface area (Å²) in [5, 5.41) is 3.12. The van der Waals surface area contributed by atoms with Crippen molar-refractivity contribution in [2.45, 2.75) is 20.4 Å². The minimum atomic E-state index is 0. The second-order valence-corrected chi connectivity index (χ2v) is 7.17. The van der Waals surface area contributed by atoms with E-state index in [-0.39, 0.29) is 24.0 Å². The number of ether oxygens (including phenoxy) is 2. The fraction of sp³-hybridized carbons (Fsp3) is 0.455. The molecule has 0 atom stereocenters. The van der Waals surface area contributed by atoms with E-state index in [1.54, 1.807) is 0 Å². The molecule has 8 nitrogen and oxygen atoms in total. The molecule has 0 spiro atoms. The van der Waals surface area contributed by atoms with Crippen LogP contribution in [-0.4, -0.2) is 62.3 Å². The summed E-state index contributed by atoms with van der Waals surface area (Å²) in [6.45, 7) is 9.61. The quantitative estimate of drug-likeness (QED) is 0.302. The van der Waals surface area contributed by atoms with Gasteiger partial charge >= 0.3 is 0 Å². The molecule has 3 rings (SSSR count). The number of benzene rings is 1. The number of hydrogen-bond acceptors (Lipinski definition) is 6. The maximum absolute atomic E-state index is 6.11. The van der Waals surface area contributed by atoms with Gasteiger partial charge in [0, 0.05) is 38.4 Å². The molecule has 1 fully saturated rings. The van der Waals surface area contributed by atoms with Crippen molar-refractivity contribution in [2.75, 3.05) is 56.7 Å². The van der Waals surface area contributed by atoms with Crippen LogP contribution >= 0.6 is 24.0 Å². The summed E-state index contributed by atoms with van der Waals surface area (Å²) in [6.07, 6.45) is 1.87. The number of nitrogens with zero attached hydrogens (tertiary/aromatic N) is 4. The van der Waals surface area contributed by atoms with Gasteiger partial charge < -0.3 is 30.3 Å². The molecule has 9 heteroatoms. The van der Waals surface area contributed by atoms with Crippen molar-refractivity contribution in [3.8, 4) is 11.5 Å². The van der Waals surface area contributed by atoms with Crippen molar-refractivity contribution in [1.82, 2.24) is 9.88 Å². The average molecular weight is 540 g/mol. The van der Waals surface area contributed by atoms with E-state index < -0.39 is 0 Å². The van der Waals surface area contributed by atoms with Gasteiger partial charge in [-0.25, -0.2) is 9.98 Å². The lowest BCUT2D eigenvalue weighted by Gasteiger charge is -2.33. The van der Waals surface area contributed by atoms with Gasteiger partial charge in [0.05, 0.1) is 25.4 Å². The Kier molecular flexibility index (Phi) is 10.1. The second-order valence-electron chi connectivity index (χ2n) is 7.17. The molecule has 0 radical (unpaired) electrons. The smallest absolute Gasteiger partial charge is 0.193 e. The van der Waals surface area contributed by atoms with Crippen molar-refractivity contribution in [3.63, 3.8) is 0 Å². The van der Waals surface area contributed by atoms with E-state index in [1.165, 1.54) is 0 Å². The van der Waals surface area contributed by atoms with Crippen LogP contribution in [0.15, 0.2) is 41.5 Å². The van der Waals surface area contributed by atoms with Gasteiger partial charge in [-0.15, -0.1) is 24.0 Å². The second kappa shape index (κ2) is 12.6. The molecule has 0 aliphatic carbocycles. The highest BCUT2D eigenvalue weighted by Gasteiger charge is 2.15. The third kappa shape index (κ3) is 7.42. The van der Waals surface area contributed by atoms with Gasteiger partial charge in [0.25, 0.3) is 0 Å². The molecule has 1 aliphatic rings. The largest absolute Gasteiger partial charge is 0.494 e. The summed E-state index contributed by atoms with van der Waals surface area (Å²) < 4.78 is 11.2. The zero-order valence-corrected chi connectivity index (χ0v) is 20.8. The van der Waals surface area contributed by atoms with Crippen LogP contribution < -0.4 is 25.4 Å². The number of halogens is 1. The highest BCUT2D eigenvalue weighted by Crippen LogP contribution is 2.29. The summed E-state index contributed by atoms with van der Waals surface area (Å²) in [6, 6.07) is 9.71. The summed E-state index contributed by atoms with van der Waals surface area (Å²) in [4.78, 5) is 13.7. The number of piperazine rings is 1. The van der Waals surface area contributed by atoms with Crippen molar-refractivity contribution < 1.29 is 9.47 Å². The number of anilines is 2. The first-order valence-corrected chi connectivity index (χ1v) is 10.4. The van der Waals surface area contributed by atoms with Crippen LogP contribution in [0.25, 0.3) is 0 Å². The molecule has 0 saturated carbocycles. The zero-order valence-electron chi connectivity index (χ0n) is 18.5. The topological polar surface area (TPSA) is 88.2 Å². The Labute approximate surface area is 201 Å². The molecular weight excluding hydrogens is 507 g/mol. The third-order valence-electron chi connectivity index (χ3n) is 4.89. The zero-order chi connectivity index (χ0) is 21.3. The van der Waals surface area contributed by atoms with E-state index in [0.29, 0.717) is 31.5 Å². The van der Waals surface area contributed by atoms with E-state index in [0.717, 1.165) is 49.0 Å². The van der Waals surface area contributed by atoms with Crippen LogP contribution in [0.2, 0.25) is 0 Å². The van der Waals surface area contributed by atoms with Crippen molar-refractivity contribution in [3.05, 3.63) is 42.1 Å². The van der Waals surface area contributed by atoms with Gasteiger partial charge in [0.1, 0.15) is 17.3 Å². The molecule has 0 amide bonds. The molecule has 170 valence electrons. The molecule has 31 heavy (non-hydrogen) atoms. The number of pyridine rings is 1. The summed E-state index contributed by atoms with van der Waals surface area (Å²) >= 11 is 0. The van der Waals surface area contributed by atoms with Crippen molar-refractivity contribution >= 4 is 41.4 Å². The van der Waals surface area contributed by atoms with Crippen LogP contribution in [0.1, 0.15) is 19.4 Å². The van der Waals surface area contributed by atoms with E-state index >= 15 is 0 Å². The first-order valence-electron chi connectivity index (χ1n) is 10.4. The number of nitrogens with two attached hydrogens (primary N) is 1. The Bertz CT molecular complexity index is 838. The van der Waals surface area contributed by atoms with E-state index in [2.05, 4.69) is 44.3 Å². The third-order valence-corrected chi connectivity index (χ3v) is 4.89. The van der Waals surface area contributed by atoms with Crippen LogP contribution in [0, 0.1) is 0 Å². The minimum absolute atomic E-state index is 0. The summed E-state index contributed by atoms with van der Waals surface area (Å²) in [7, 11) is 2.15. The minimum Gasteiger partial charge on any atom is -0.494 e. The summed E-state index contributed by atoms with van der Waals surface area (Å²) in [5.74, 6) is 2.78. The van der Waals surface area contributed by atoms with Gasteiger partial charge in [-0.3, -0.25) is 0 Å². The monoisotopic (exact) mass is 540 g/mol. The molecule has 1 aromatic heterocycles. The van der Waals surface area contributed by atoms with Crippen LogP contribution in [0.4, 0.5) is 11.5 Å². The molecule has 0 unspecified atom stereocenters. The Balaban J connectivity index is 0.00000341. The van der Waals surface area contributed by atoms with Gasteiger partial charge in [0.15, 0.2) is 5.96 Å². The van der Waals surface area contributed by atoms with Gasteiger partial charge in [-0.2, -0.15) is 0 Å². The fourth-order valence-electron chi connectivity index (χ4n) is 3.23. The number of rotatable bonds is 8. The number of hydrogen-bond donors (Lipinski definition) is 2. The highest BCUT2D eigenvalue weighted by atomic mass is 127. The molecule has 2 heterocycles. The Morgan fingerprint density at radius 1 is 1.10 bits per heavy atom. The van der Waals surface area contributed by atoms with Crippen LogP contribution in [0.3, 0.4) is 0 Å². The van der Waals surface area contributed by atoms with E-state index in [9.17, 15) is 0 Å². The lowest BCUT2D eigenvalue weighted by molar-refractivity contribution is 0.312. The number of guanidine groups is 1. The number of aliphatic imine (C=N–C) groups is 1. The Morgan fingerprint density at radius 3 is 2.48 bits per heavy atom. The predicted octanol–water partition coefficient (Wildman–Crippen LogP) is 3.18. The average Bonchev–Trinajstić information content (AvgIpc) is 2.75. The molecule has 1 aromatic carbocycles. The van der Waals surface area contributed by atoms with Crippen molar-refractivity contribution in [1.29, 1.82) is 0 Å². The lowest BCUT2D eigenvalue weighted by Crippen LogP contribution is -2.44. The van der Waals surface area contributed by atoms with E-state index in [4.69, 9.17) is 15.2 Å². The number of likely N-dealkylation sites (N-methyl/N-ethyl adjacent to an activating group) is 1.